The van der Waals surface area contributed by atoms with E-state index in [1.807, 2.05) is 0 Å². The SMILES string of the molecule is O=C(O)CON=CCNC(=O)c1ccc(-c2noc(C(F)(F)F)n2)cc1. The molecule has 0 saturated heterocycles. The zero-order valence-electron chi connectivity index (χ0n) is 12.9. The highest BCUT2D eigenvalue weighted by atomic mass is 19.4. The van der Waals surface area contributed by atoms with Crippen molar-refractivity contribution in [2.75, 3.05) is 13.2 Å². The van der Waals surface area contributed by atoms with Crippen LogP contribution >= 0.6 is 0 Å². The molecule has 0 radical (unpaired) electrons. The van der Waals surface area contributed by atoms with E-state index in [2.05, 4.69) is 30.0 Å². The van der Waals surface area contributed by atoms with Gasteiger partial charge in [-0.25, -0.2) is 4.79 Å². The van der Waals surface area contributed by atoms with Crippen LogP contribution in [0.3, 0.4) is 0 Å². The molecule has 2 N–H and O–H groups in total. The molecule has 2 rings (SSSR count). The van der Waals surface area contributed by atoms with Crippen LogP contribution in [-0.4, -0.2) is 46.5 Å². The molecule has 0 aliphatic rings. The third-order valence-electron chi connectivity index (χ3n) is 2.76. The lowest BCUT2D eigenvalue weighted by molar-refractivity contribution is -0.159. The number of aliphatic carboxylic acids is 1. The lowest BCUT2D eigenvalue weighted by Gasteiger charge is -2.02. The highest BCUT2D eigenvalue weighted by molar-refractivity contribution is 5.95. The fourth-order valence-electron chi connectivity index (χ4n) is 1.65. The molecule has 0 spiro atoms. The number of benzene rings is 1. The molecule has 1 aromatic heterocycles. The molecule has 2 aromatic rings. The van der Waals surface area contributed by atoms with Gasteiger partial charge in [-0.05, 0) is 12.1 Å². The van der Waals surface area contributed by atoms with Crippen molar-refractivity contribution in [3.05, 3.63) is 35.7 Å². The average Bonchev–Trinajstić information content (AvgIpc) is 3.08. The number of halogens is 3. The average molecular weight is 372 g/mol. The van der Waals surface area contributed by atoms with Gasteiger partial charge in [0.2, 0.25) is 12.4 Å². The molecule has 12 heteroatoms. The van der Waals surface area contributed by atoms with Gasteiger partial charge >= 0.3 is 18.0 Å². The zero-order valence-corrected chi connectivity index (χ0v) is 12.9. The van der Waals surface area contributed by atoms with Crippen LogP contribution in [-0.2, 0) is 15.8 Å². The van der Waals surface area contributed by atoms with Crippen molar-refractivity contribution in [2.24, 2.45) is 5.16 Å². The van der Waals surface area contributed by atoms with Crippen molar-refractivity contribution in [3.63, 3.8) is 0 Å². The third kappa shape index (κ3) is 5.29. The van der Waals surface area contributed by atoms with Gasteiger partial charge in [0.25, 0.3) is 5.91 Å². The van der Waals surface area contributed by atoms with Crippen LogP contribution in [0.15, 0.2) is 33.9 Å². The molecule has 0 saturated carbocycles. The number of aromatic nitrogens is 2. The zero-order chi connectivity index (χ0) is 19.2. The second-order valence-corrected chi connectivity index (χ2v) is 4.66. The molecule has 0 aliphatic heterocycles. The van der Waals surface area contributed by atoms with Crippen LogP contribution in [0.4, 0.5) is 13.2 Å². The van der Waals surface area contributed by atoms with Gasteiger partial charge in [0, 0.05) is 11.1 Å². The Bertz CT molecular complexity index is 802. The van der Waals surface area contributed by atoms with E-state index in [-0.39, 0.29) is 23.5 Å². The highest BCUT2D eigenvalue weighted by Gasteiger charge is 2.38. The second kappa shape index (κ2) is 8.09. The van der Waals surface area contributed by atoms with Gasteiger partial charge in [-0.3, -0.25) is 4.79 Å². The summed E-state index contributed by atoms with van der Waals surface area (Å²) in [5.41, 5.74) is 0.470. The summed E-state index contributed by atoms with van der Waals surface area (Å²) in [7, 11) is 0. The molecule has 0 bridgehead atoms. The van der Waals surface area contributed by atoms with Crippen molar-refractivity contribution in [1.29, 1.82) is 0 Å². The van der Waals surface area contributed by atoms with Crippen molar-refractivity contribution in [2.45, 2.75) is 6.18 Å². The number of carbonyl (C=O) groups is 2. The van der Waals surface area contributed by atoms with Crippen molar-refractivity contribution in [3.8, 4) is 11.4 Å². The molecule has 1 aromatic carbocycles. The van der Waals surface area contributed by atoms with Gasteiger partial charge in [0.15, 0.2) is 0 Å². The minimum absolute atomic E-state index is 0.0139. The molecule has 0 atom stereocenters. The number of carboxylic acid groups (broad SMARTS) is 1. The number of carboxylic acids is 1. The van der Waals surface area contributed by atoms with Gasteiger partial charge in [-0.1, -0.05) is 22.4 Å². The number of nitrogens with zero attached hydrogens (tertiary/aromatic N) is 3. The van der Waals surface area contributed by atoms with Gasteiger partial charge in [0.1, 0.15) is 0 Å². The Kier molecular flexibility index (Phi) is 5.88. The lowest BCUT2D eigenvalue weighted by Crippen LogP contribution is -2.25. The fraction of sp³-hybridized carbons (Fsp3) is 0.214. The summed E-state index contributed by atoms with van der Waals surface area (Å²) < 4.78 is 41.4. The van der Waals surface area contributed by atoms with Crippen molar-refractivity contribution in [1.82, 2.24) is 15.5 Å². The molecule has 9 nitrogen and oxygen atoms in total. The van der Waals surface area contributed by atoms with E-state index in [4.69, 9.17) is 5.11 Å². The number of amides is 1. The Morgan fingerprint density at radius 2 is 2.00 bits per heavy atom. The topological polar surface area (TPSA) is 127 Å². The van der Waals surface area contributed by atoms with E-state index >= 15 is 0 Å². The smallest absolute Gasteiger partial charge is 0.471 e. The van der Waals surface area contributed by atoms with E-state index in [0.717, 1.165) is 6.21 Å². The predicted molar refractivity (Wildman–Crippen MR) is 79.1 cm³/mol. The molecule has 0 unspecified atom stereocenters. The van der Waals surface area contributed by atoms with Gasteiger partial charge < -0.3 is 19.8 Å². The molecule has 0 fully saturated rings. The summed E-state index contributed by atoms with van der Waals surface area (Å²) in [6.07, 6.45) is -3.58. The van der Waals surface area contributed by atoms with Gasteiger partial charge in [-0.15, -0.1) is 0 Å². The van der Waals surface area contributed by atoms with Gasteiger partial charge in [-0.2, -0.15) is 18.2 Å². The van der Waals surface area contributed by atoms with Crippen molar-refractivity contribution >= 4 is 18.1 Å². The predicted octanol–water partition coefficient (Wildman–Crippen LogP) is 1.57. The summed E-state index contributed by atoms with van der Waals surface area (Å²) in [5, 5.41) is 17.3. The highest BCUT2D eigenvalue weighted by Crippen LogP contribution is 2.29. The van der Waals surface area contributed by atoms with Crippen LogP contribution in [0, 0.1) is 0 Å². The first-order chi connectivity index (χ1) is 12.3. The maximum Gasteiger partial charge on any atom is 0.471 e. The number of rotatable bonds is 7. The maximum atomic E-state index is 12.4. The Balaban J connectivity index is 1.91. The molecule has 138 valence electrons. The Morgan fingerprint density at radius 1 is 1.31 bits per heavy atom. The molecule has 26 heavy (non-hydrogen) atoms. The molecular weight excluding hydrogens is 361 g/mol. The van der Waals surface area contributed by atoms with Crippen LogP contribution in [0.25, 0.3) is 11.4 Å². The number of hydrogen-bond acceptors (Lipinski definition) is 7. The quantitative estimate of drug-likeness (QED) is 0.558. The summed E-state index contributed by atoms with van der Waals surface area (Å²) in [6, 6.07) is 5.46. The van der Waals surface area contributed by atoms with Gasteiger partial charge in [0.05, 0.1) is 12.8 Å². The molecule has 1 heterocycles. The number of oxime groups is 1. The van der Waals surface area contributed by atoms with Crippen molar-refractivity contribution < 1.29 is 37.2 Å². The first-order valence-corrected chi connectivity index (χ1v) is 6.92. The maximum absolute atomic E-state index is 12.4. The number of nitrogens with one attached hydrogen (secondary N) is 1. The number of alkyl halides is 3. The summed E-state index contributed by atoms with van der Waals surface area (Å²) in [4.78, 5) is 29.7. The molecule has 0 aliphatic carbocycles. The third-order valence-corrected chi connectivity index (χ3v) is 2.76. The van der Waals surface area contributed by atoms with Crippen LogP contribution in [0.1, 0.15) is 16.2 Å². The normalized spacial score (nSPS) is 11.5. The summed E-state index contributed by atoms with van der Waals surface area (Å²) in [6.45, 7) is -0.613. The van der Waals surface area contributed by atoms with Crippen LogP contribution < -0.4 is 5.32 Å². The van der Waals surface area contributed by atoms with Crippen LogP contribution in [0.5, 0.6) is 0 Å². The van der Waals surface area contributed by atoms with E-state index in [1.165, 1.54) is 24.3 Å². The summed E-state index contributed by atoms with van der Waals surface area (Å²) >= 11 is 0. The summed E-state index contributed by atoms with van der Waals surface area (Å²) in [5.74, 6) is -3.38. The van der Waals surface area contributed by atoms with E-state index in [0.29, 0.717) is 0 Å². The second-order valence-electron chi connectivity index (χ2n) is 4.66. The Hall–Kier alpha value is -3.44. The van der Waals surface area contributed by atoms with E-state index in [1.54, 1.807) is 0 Å². The lowest BCUT2D eigenvalue weighted by atomic mass is 10.1. The minimum atomic E-state index is -4.74. The number of hydrogen-bond donors (Lipinski definition) is 2. The van der Waals surface area contributed by atoms with E-state index < -0.39 is 30.6 Å². The Morgan fingerprint density at radius 3 is 2.58 bits per heavy atom. The molecular formula is C14H11F3N4O5. The minimum Gasteiger partial charge on any atom is -0.479 e. The fourth-order valence-corrected chi connectivity index (χ4v) is 1.65. The monoisotopic (exact) mass is 372 g/mol. The first kappa shape index (κ1) is 18.9. The number of carbonyl (C=O) groups excluding carboxylic acids is 1. The molecule has 1 amide bonds. The van der Waals surface area contributed by atoms with E-state index in [9.17, 15) is 22.8 Å². The Labute approximate surface area is 143 Å². The largest absolute Gasteiger partial charge is 0.479 e. The van der Waals surface area contributed by atoms with Crippen LogP contribution in [0.2, 0.25) is 0 Å². The standard InChI is InChI=1S/C14H11F3N4O5/c15-14(16,17)13-20-11(21-26-13)8-1-3-9(4-2-8)12(24)18-5-6-19-25-7-10(22)23/h1-4,6H,5,7H2,(H,18,24)(H,22,23). The first-order valence-electron chi connectivity index (χ1n) is 6.92.